The van der Waals surface area contributed by atoms with Crippen LogP contribution in [-0.2, 0) is 0 Å². The molecule has 0 saturated heterocycles. The molecule has 1 fully saturated rings. The summed E-state index contributed by atoms with van der Waals surface area (Å²) in [7, 11) is 0. The summed E-state index contributed by atoms with van der Waals surface area (Å²) in [5.74, 6) is 3.75. The summed E-state index contributed by atoms with van der Waals surface area (Å²) in [4.78, 5) is 0. The van der Waals surface area contributed by atoms with E-state index in [1.165, 1.54) is 25.0 Å². The van der Waals surface area contributed by atoms with Gasteiger partial charge in [-0.3, -0.25) is 0 Å². The van der Waals surface area contributed by atoms with Crippen LogP contribution in [0.15, 0.2) is 0 Å². The lowest BCUT2D eigenvalue weighted by Crippen LogP contribution is -2.43. The van der Waals surface area contributed by atoms with E-state index in [1.807, 2.05) is 0 Å². The normalized spacial score (nSPS) is 37.2. The minimum absolute atomic E-state index is 0.431. The lowest BCUT2D eigenvalue weighted by Gasteiger charge is -2.37. The van der Waals surface area contributed by atoms with Crippen LogP contribution in [0.5, 0.6) is 0 Å². The quantitative estimate of drug-likeness (QED) is 0.798. The zero-order valence-electron chi connectivity index (χ0n) is 10.7. The first-order valence-corrected chi connectivity index (χ1v) is 7.42. The van der Waals surface area contributed by atoms with Gasteiger partial charge in [0.1, 0.15) is 0 Å². The smallest absolute Gasteiger partial charge is 0.0224 e. The highest BCUT2D eigenvalue weighted by molar-refractivity contribution is 7.99. The third kappa shape index (κ3) is 4.36. The van der Waals surface area contributed by atoms with Gasteiger partial charge in [-0.2, -0.15) is 11.8 Å². The van der Waals surface area contributed by atoms with Crippen molar-refractivity contribution in [2.24, 2.45) is 23.5 Å². The highest BCUT2D eigenvalue weighted by atomic mass is 32.2. The molecule has 0 aromatic rings. The standard InChI is InChI=1S/C13H27NS/c1-9(2)5-6-15-13-11(4)7-10(3)8-12(13)14/h9-13H,5-8,14H2,1-4H3. The molecule has 2 N–H and O–H groups in total. The van der Waals surface area contributed by atoms with Gasteiger partial charge in [-0.05, 0) is 42.8 Å². The van der Waals surface area contributed by atoms with E-state index in [1.54, 1.807) is 0 Å². The van der Waals surface area contributed by atoms with Crippen LogP contribution in [0.2, 0.25) is 0 Å². The SMILES string of the molecule is CC(C)CCSC1C(C)CC(C)CC1N. The molecule has 0 aromatic heterocycles. The lowest BCUT2D eigenvalue weighted by molar-refractivity contribution is 0.279. The van der Waals surface area contributed by atoms with E-state index in [0.717, 1.165) is 17.8 Å². The maximum Gasteiger partial charge on any atom is 0.0224 e. The molecule has 1 saturated carbocycles. The summed E-state index contributed by atoms with van der Waals surface area (Å²) in [6.45, 7) is 9.31. The summed E-state index contributed by atoms with van der Waals surface area (Å²) in [6, 6.07) is 0.431. The number of rotatable bonds is 4. The molecule has 1 aliphatic carbocycles. The first kappa shape index (κ1) is 13.4. The maximum absolute atomic E-state index is 6.26. The van der Waals surface area contributed by atoms with Gasteiger partial charge >= 0.3 is 0 Å². The van der Waals surface area contributed by atoms with Crippen LogP contribution in [0.1, 0.15) is 47.0 Å². The molecule has 0 radical (unpaired) electrons. The second-order valence-corrected chi connectivity index (χ2v) is 7.02. The Morgan fingerprint density at radius 2 is 1.93 bits per heavy atom. The van der Waals surface area contributed by atoms with Gasteiger partial charge in [-0.25, -0.2) is 0 Å². The van der Waals surface area contributed by atoms with Gasteiger partial charge in [0.25, 0.3) is 0 Å². The van der Waals surface area contributed by atoms with Gasteiger partial charge in [-0.15, -0.1) is 0 Å². The monoisotopic (exact) mass is 229 g/mol. The molecule has 15 heavy (non-hydrogen) atoms. The third-order valence-electron chi connectivity index (χ3n) is 3.44. The Balaban J connectivity index is 2.32. The predicted octanol–water partition coefficient (Wildman–Crippen LogP) is 3.53. The number of hydrogen-bond acceptors (Lipinski definition) is 2. The Morgan fingerprint density at radius 3 is 2.47 bits per heavy atom. The number of nitrogens with two attached hydrogens (primary N) is 1. The van der Waals surface area contributed by atoms with Gasteiger partial charge in [0.2, 0.25) is 0 Å². The topological polar surface area (TPSA) is 26.0 Å². The molecule has 0 aliphatic heterocycles. The van der Waals surface area contributed by atoms with Crippen molar-refractivity contribution in [3.05, 3.63) is 0 Å². The second kappa shape index (κ2) is 6.15. The molecule has 0 amide bonds. The van der Waals surface area contributed by atoms with E-state index in [2.05, 4.69) is 39.5 Å². The van der Waals surface area contributed by atoms with Crippen molar-refractivity contribution >= 4 is 11.8 Å². The van der Waals surface area contributed by atoms with Gasteiger partial charge in [-0.1, -0.05) is 27.7 Å². The van der Waals surface area contributed by atoms with Crippen LogP contribution < -0.4 is 5.73 Å². The van der Waals surface area contributed by atoms with E-state index < -0.39 is 0 Å². The van der Waals surface area contributed by atoms with E-state index in [9.17, 15) is 0 Å². The predicted molar refractivity (Wildman–Crippen MR) is 71.2 cm³/mol. The zero-order chi connectivity index (χ0) is 11.4. The molecule has 4 atom stereocenters. The van der Waals surface area contributed by atoms with Crippen molar-refractivity contribution in [3.8, 4) is 0 Å². The fraction of sp³-hybridized carbons (Fsp3) is 1.00. The third-order valence-corrected chi connectivity index (χ3v) is 5.11. The van der Waals surface area contributed by atoms with Gasteiger partial charge in [0.05, 0.1) is 0 Å². The van der Waals surface area contributed by atoms with Crippen LogP contribution >= 0.6 is 11.8 Å². The molecule has 1 rings (SSSR count). The minimum Gasteiger partial charge on any atom is -0.327 e. The molecule has 90 valence electrons. The van der Waals surface area contributed by atoms with Crippen molar-refractivity contribution in [3.63, 3.8) is 0 Å². The Hall–Kier alpha value is 0.310. The van der Waals surface area contributed by atoms with Crippen LogP contribution in [0, 0.1) is 17.8 Å². The fourth-order valence-electron chi connectivity index (χ4n) is 2.61. The molecule has 2 heteroatoms. The van der Waals surface area contributed by atoms with Crippen LogP contribution in [0.4, 0.5) is 0 Å². The van der Waals surface area contributed by atoms with Crippen molar-refractivity contribution < 1.29 is 0 Å². The summed E-state index contributed by atoms with van der Waals surface area (Å²) in [5.41, 5.74) is 6.26. The van der Waals surface area contributed by atoms with Crippen LogP contribution in [0.25, 0.3) is 0 Å². The van der Waals surface area contributed by atoms with E-state index in [4.69, 9.17) is 5.73 Å². The van der Waals surface area contributed by atoms with Crippen molar-refractivity contribution in [1.82, 2.24) is 0 Å². The van der Waals surface area contributed by atoms with Gasteiger partial charge < -0.3 is 5.73 Å². The number of hydrogen-bond donors (Lipinski definition) is 1. The summed E-state index contributed by atoms with van der Waals surface area (Å²) in [6.07, 6.45) is 3.92. The molecular weight excluding hydrogens is 202 g/mol. The largest absolute Gasteiger partial charge is 0.327 e. The molecular formula is C13H27NS. The Morgan fingerprint density at radius 1 is 1.27 bits per heavy atom. The van der Waals surface area contributed by atoms with E-state index in [0.29, 0.717) is 11.3 Å². The summed E-state index contributed by atoms with van der Waals surface area (Å²) in [5, 5.41) is 0.708. The molecule has 0 aromatic carbocycles. The van der Waals surface area contributed by atoms with E-state index >= 15 is 0 Å². The number of thioether (sulfide) groups is 1. The highest BCUT2D eigenvalue weighted by Crippen LogP contribution is 2.35. The van der Waals surface area contributed by atoms with Gasteiger partial charge in [0.15, 0.2) is 0 Å². The minimum atomic E-state index is 0.431. The average Bonchev–Trinajstić information content (AvgIpc) is 2.08. The second-order valence-electron chi connectivity index (χ2n) is 5.74. The molecule has 1 nitrogen and oxygen atoms in total. The summed E-state index contributed by atoms with van der Waals surface area (Å²) < 4.78 is 0. The van der Waals surface area contributed by atoms with Crippen molar-refractivity contribution in [2.75, 3.05) is 5.75 Å². The molecule has 0 heterocycles. The van der Waals surface area contributed by atoms with Gasteiger partial charge in [0, 0.05) is 11.3 Å². The highest BCUT2D eigenvalue weighted by Gasteiger charge is 2.31. The lowest BCUT2D eigenvalue weighted by atomic mass is 9.80. The molecule has 0 spiro atoms. The Bertz CT molecular complexity index is 169. The molecule has 4 unspecified atom stereocenters. The zero-order valence-corrected chi connectivity index (χ0v) is 11.5. The van der Waals surface area contributed by atoms with E-state index in [-0.39, 0.29) is 0 Å². The first-order valence-electron chi connectivity index (χ1n) is 6.38. The first-order chi connectivity index (χ1) is 7.00. The summed E-state index contributed by atoms with van der Waals surface area (Å²) >= 11 is 2.12. The maximum atomic E-state index is 6.26. The molecule has 0 bridgehead atoms. The van der Waals surface area contributed by atoms with Crippen LogP contribution in [0.3, 0.4) is 0 Å². The average molecular weight is 229 g/mol. The fourth-order valence-corrected chi connectivity index (χ4v) is 4.29. The molecule has 1 aliphatic rings. The van der Waals surface area contributed by atoms with Crippen LogP contribution in [-0.4, -0.2) is 17.0 Å². The Kier molecular flexibility index (Phi) is 5.48. The Labute approximate surface area is 99.6 Å². The van der Waals surface area contributed by atoms with Crippen molar-refractivity contribution in [1.29, 1.82) is 0 Å². The van der Waals surface area contributed by atoms with Crippen molar-refractivity contribution in [2.45, 2.75) is 58.2 Å².